The Balaban J connectivity index is 1.79. The molecular formula is C17H23N5O3S. The van der Waals surface area contributed by atoms with E-state index in [9.17, 15) is 13.2 Å². The van der Waals surface area contributed by atoms with Crippen molar-refractivity contribution >= 4 is 21.6 Å². The number of amides is 1. The zero-order valence-corrected chi connectivity index (χ0v) is 15.6. The Kier molecular flexibility index (Phi) is 5.67. The van der Waals surface area contributed by atoms with Crippen LogP contribution in [0.4, 0.5) is 5.69 Å². The highest BCUT2D eigenvalue weighted by Gasteiger charge is 2.27. The fraction of sp³-hybridized carbons (Fsp3) is 0.471. The third-order valence-electron chi connectivity index (χ3n) is 4.43. The van der Waals surface area contributed by atoms with E-state index in [0.717, 1.165) is 25.7 Å². The summed E-state index contributed by atoms with van der Waals surface area (Å²) in [5, 5.41) is 6.61. The van der Waals surface area contributed by atoms with Crippen LogP contribution in [-0.4, -0.2) is 46.5 Å². The Labute approximate surface area is 153 Å². The SMILES string of the molecule is Cc1ccc(NC(=O)Cn2cncn2)cc1S(=O)(=O)N1CCCCCC1. The van der Waals surface area contributed by atoms with Crippen LogP contribution in [0, 0.1) is 6.92 Å². The lowest BCUT2D eigenvalue weighted by Gasteiger charge is -2.21. The lowest BCUT2D eigenvalue weighted by Crippen LogP contribution is -2.32. The van der Waals surface area contributed by atoms with E-state index in [4.69, 9.17) is 0 Å². The van der Waals surface area contributed by atoms with E-state index in [1.54, 1.807) is 23.4 Å². The summed E-state index contributed by atoms with van der Waals surface area (Å²) in [6, 6.07) is 4.96. The van der Waals surface area contributed by atoms with Gasteiger partial charge < -0.3 is 5.32 Å². The lowest BCUT2D eigenvalue weighted by atomic mass is 10.2. The van der Waals surface area contributed by atoms with Gasteiger partial charge in [0.05, 0.1) is 4.90 Å². The number of carbonyl (C=O) groups is 1. The van der Waals surface area contributed by atoms with Crippen molar-refractivity contribution < 1.29 is 13.2 Å². The van der Waals surface area contributed by atoms with Gasteiger partial charge in [-0.3, -0.25) is 4.79 Å². The number of rotatable bonds is 5. The molecule has 0 unspecified atom stereocenters. The Morgan fingerprint density at radius 1 is 1.19 bits per heavy atom. The molecule has 1 N–H and O–H groups in total. The second kappa shape index (κ2) is 7.96. The second-order valence-corrected chi connectivity index (χ2v) is 8.35. The topological polar surface area (TPSA) is 97.2 Å². The minimum absolute atomic E-state index is 0.0160. The minimum atomic E-state index is -3.57. The van der Waals surface area contributed by atoms with Gasteiger partial charge in [0.1, 0.15) is 19.2 Å². The average Bonchev–Trinajstić information content (AvgIpc) is 2.94. The maximum atomic E-state index is 13.0. The minimum Gasteiger partial charge on any atom is -0.324 e. The predicted molar refractivity (Wildman–Crippen MR) is 97.1 cm³/mol. The molecule has 1 aromatic heterocycles. The van der Waals surface area contributed by atoms with E-state index in [0.29, 0.717) is 24.3 Å². The molecule has 0 bridgehead atoms. The molecule has 3 rings (SSSR count). The van der Waals surface area contributed by atoms with Crippen LogP contribution in [0.15, 0.2) is 35.7 Å². The summed E-state index contributed by atoms with van der Waals surface area (Å²) in [6.07, 6.45) is 6.68. The van der Waals surface area contributed by atoms with Gasteiger partial charge in [-0.1, -0.05) is 18.9 Å². The van der Waals surface area contributed by atoms with Crippen molar-refractivity contribution in [3.63, 3.8) is 0 Å². The highest BCUT2D eigenvalue weighted by molar-refractivity contribution is 7.89. The third-order valence-corrected chi connectivity index (χ3v) is 6.47. The Bertz CT molecular complexity index is 857. The van der Waals surface area contributed by atoms with Crippen molar-refractivity contribution in [1.29, 1.82) is 0 Å². The molecule has 26 heavy (non-hydrogen) atoms. The smallest absolute Gasteiger partial charge is 0.246 e. The molecule has 0 aliphatic carbocycles. The van der Waals surface area contributed by atoms with Crippen molar-refractivity contribution in [3.8, 4) is 0 Å². The predicted octanol–water partition coefficient (Wildman–Crippen LogP) is 1.79. The standard InChI is InChI=1S/C17H23N5O3S/c1-14-6-7-15(20-17(23)11-21-13-18-12-19-21)10-16(14)26(24,25)22-8-4-2-3-5-9-22/h6-7,10,12-13H,2-5,8-9,11H2,1H3,(H,20,23). The first-order valence-electron chi connectivity index (χ1n) is 8.70. The van der Waals surface area contributed by atoms with Gasteiger partial charge in [0.2, 0.25) is 15.9 Å². The van der Waals surface area contributed by atoms with Gasteiger partial charge in [-0.25, -0.2) is 18.1 Å². The average molecular weight is 377 g/mol. The Hall–Kier alpha value is -2.26. The first-order valence-corrected chi connectivity index (χ1v) is 10.1. The number of nitrogens with zero attached hydrogens (tertiary/aromatic N) is 4. The molecule has 140 valence electrons. The quantitative estimate of drug-likeness (QED) is 0.857. The zero-order valence-electron chi connectivity index (χ0n) is 14.8. The van der Waals surface area contributed by atoms with E-state index in [-0.39, 0.29) is 17.3 Å². The first kappa shape index (κ1) is 18.5. The number of hydrogen-bond acceptors (Lipinski definition) is 5. The summed E-state index contributed by atoms with van der Waals surface area (Å²) in [5.41, 5.74) is 1.12. The maximum Gasteiger partial charge on any atom is 0.246 e. The van der Waals surface area contributed by atoms with Crippen molar-refractivity contribution in [2.24, 2.45) is 0 Å². The number of aromatic nitrogens is 3. The molecule has 1 saturated heterocycles. The van der Waals surface area contributed by atoms with Gasteiger partial charge in [-0.05, 0) is 37.5 Å². The maximum absolute atomic E-state index is 13.0. The van der Waals surface area contributed by atoms with Crippen molar-refractivity contribution in [1.82, 2.24) is 19.1 Å². The summed E-state index contributed by atoms with van der Waals surface area (Å²) in [4.78, 5) is 16.1. The zero-order chi connectivity index (χ0) is 18.6. The van der Waals surface area contributed by atoms with E-state index < -0.39 is 10.0 Å². The molecule has 2 aromatic rings. The Morgan fingerprint density at radius 2 is 1.92 bits per heavy atom. The molecule has 1 aliphatic rings. The van der Waals surface area contributed by atoms with Crippen LogP contribution >= 0.6 is 0 Å². The number of nitrogens with one attached hydrogen (secondary N) is 1. The fourth-order valence-corrected chi connectivity index (χ4v) is 4.81. The number of hydrogen-bond donors (Lipinski definition) is 1. The molecule has 8 nitrogen and oxygen atoms in total. The van der Waals surface area contributed by atoms with E-state index >= 15 is 0 Å². The normalized spacial score (nSPS) is 16.2. The summed E-state index contributed by atoms with van der Waals surface area (Å²) in [5.74, 6) is -0.294. The highest BCUT2D eigenvalue weighted by Crippen LogP contribution is 2.25. The molecule has 1 fully saturated rings. The summed E-state index contributed by atoms with van der Waals surface area (Å²) in [7, 11) is -3.57. The van der Waals surface area contributed by atoms with Crippen LogP contribution in [-0.2, 0) is 21.4 Å². The number of aryl methyl sites for hydroxylation is 1. The van der Waals surface area contributed by atoms with Crippen LogP contribution < -0.4 is 5.32 Å². The van der Waals surface area contributed by atoms with Gasteiger partial charge in [0.25, 0.3) is 0 Å². The van der Waals surface area contributed by atoms with Crippen LogP contribution in [0.5, 0.6) is 0 Å². The molecule has 2 heterocycles. The third kappa shape index (κ3) is 4.28. The molecule has 0 spiro atoms. The Morgan fingerprint density at radius 3 is 2.58 bits per heavy atom. The number of benzene rings is 1. The van der Waals surface area contributed by atoms with Crippen LogP contribution in [0.3, 0.4) is 0 Å². The van der Waals surface area contributed by atoms with Crippen molar-refractivity contribution in [2.45, 2.75) is 44.0 Å². The number of anilines is 1. The van der Waals surface area contributed by atoms with Gasteiger partial charge in [-0.2, -0.15) is 9.40 Å². The monoisotopic (exact) mass is 377 g/mol. The lowest BCUT2D eigenvalue weighted by molar-refractivity contribution is -0.116. The van der Waals surface area contributed by atoms with E-state index in [1.165, 1.54) is 23.4 Å². The van der Waals surface area contributed by atoms with Gasteiger partial charge in [-0.15, -0.1) is 0 Å². The molecular weight excluding hydrogens is 354 g/mol. The van der Waals surface area contributed by atoms with Crippen molar-refractivity contribution in [2.75, 3.05) is 18.4 Å². The van der Waals surface area contributed by atoms with Crippen LogP contribution in [0.25, 0.3) is 0 Å². The molecule has 0 radical (unpaired) electrons. The van der Waals surface area contributed by atoms with Gasteiger partial charge >= 0.3 is 0 Å². The van der Waals surface area contributed by atoms with Crippen molar-refractivity contribution in [3.05, 3.63) is 36.4 Å². The summed E-state index contributed by atoms with van der Waals surface area (Å²) < 4.78 is 29.1. The number of carbonyl (C=O) groups excluding carboxylic acids is 1. The molecule has 0 saturated carbocycles. The fourth-order valence-electron chi connectivity index (χ4n) is 3.04. The molecule has 1 amide bonds. The molecule has 0 atom stereocenters. The summed E-state index contributed by atoms with van der Waals surface area (Å²) in [6.45, 7) is 2.88. The second-order valence-electron chi connectivity index (χ2n) is 6.44. The largest absolute Gasteiger partial charge is 0.324 e. The summed E-state index contributed by atoms with van der Waals surface area (Å²) >= 11 is 0. The number of sulfonamides is 1. The van der Waals surface area contributed by atoms with Crippen LogP contribution in [0.2, 0.25) is 0 Å². The molecule has 9 heteroatoms. The molecule has 1 aromatic carbocycles. The molecule has 1 aliphatic heterocycles. The van der Waals surface area contributed by atoms with Crippen LogP contribution in [0.1, 0.15) is 31.2 Å². The van der Waals surface area contributed by atoms with E-state index in [2.05, 4.69) is 15.4 Å². The van der Waals surface area contributed by atoms with Gasteiger partial charge in [0.15, 0.2) is 0 Å². The highest BCUT2D eigenvalue weighted by atomic mass is 32.2. The first-order chi connectivity index (χ1) is 12.5. The van der Waals surface area contributed by atoms with E-state index in [1.807, 2.05) is 0 Å². The van der Waals surface area contributed by atoms with Gasteiger partial charge in [0, 0.05) is 18.8 Å².